The summed E-state index contributed by atoms with van der Waals surface area (Å²) in [6.45, 7) is 7.78. The van der Waals surface area contributed by atoms with Gasteiger partial charge in [0.15, 0.2) is 0 Å². The second-order valence-corrected chi connectivity index (χ2v) is 6.17. The van der Waals surface area contributed by atoms with Crippen LogP contribution in [-0.2, 0) is 14.3 Å². The van der Waals surface area contributed by atoms with Gasteiger partial charge in [0.25, 0.3) is 0 Å². The van der Waals surface area contributed by atoms with Gasteiger partial charge in [-0.05, 0) is 27.2 Å². The van der Waals surface area contributed by atoms with E-state index in [1.807, 2.05) is 25.7 Å². The van der Waals surface area contributed by atoms with Crippen molar-refractivity contribution in [3.8, 4) is 0 Å². The molecule has 1 heterocycles. The van der Waals surface area contributed by atoms with Crippen molar-refractivity contribution in [1.29, 1.82) is 0 Å². The smallest absolute Gasteiger partial charge is 0.410 e. The predicted octanol–water partition coefficient (Wildman–Crippen LogP) is 1.03. The molecule has 122 valence electrons. The van der Waals surface area contributed by atoms with Crippen molar-refractivity contribution in [2.24, 2.45) is 0 Å². The number of hydrogen-bond donors (Lipinski definition) is 1. The van der Waals surface area contributed by atoms with Crippen LogP contribution < -0.4 is 0 Å². The number of rotatable bonds is 4. The molecule has 1 atom stereocenters. The van der Waals surface area contributed by atoms with Crippen molar-refractivity contribution in [3.05, 3.63) is 0 Å². The molecule has 1 rings (SSSR count). The Morgan fingerprint density at radius 1 is 1.19 bits per heavy atom. The van der Waals surface area contributed by atoms with Crippen molar-refractivity contribution < 1.29 is 24.2 Å². The summed E-state index contributed by atoms with van der Waals surface area (Å²) in [6.07, 6.45) is 0.371. The highest BCUT2D eigenvalue weighted by atomic mass is 16.6. The zero-order valence-corrected chi connectivity index (χ0v) is 13.3. The van der Waals surface area contributed by atoms with Gasteiger partial charge in [-0.15, -0.1) is 0 Å². The molecule has 0 aromatic heterocycles. The fraction of sp³-hybridized carbons (Fsp3) is 0.857. The second-order valence-electron chi connectivity index (χ2n) is 6.17. The lowest BCUT2D eigenvalue weighted by Gasteiger charge is -2.28. The molecule has 7 nitrogen and oxygen atoms in total. The average Bonchev–Trinajstić information content (AvgIpc) is 2.59. The van der Waals surface area contributed by atoms with Crippen LogP contribution in [0.4, 0.5) is 4.79 Å². The van der Waals surface area contributed by atoms with E-state index in [4.69, 9.17) is 9.47 Å². The zero-order chi connectivity index (χ0) is 16.0. The summed E-state index contributed by atoms with van der Waals surface area (Å²) in [7, 11) is 1.49. The molecule has 1 saturated heterocycles. The summed E-state index contributed by atoms with van der Waals surface area (Å²) >= 11 is 0. The van der Waals surface area contributed by atoms with E-state index in [-0.39, 0.29) is 12.7 Å². The topological polar surface area (TPSA) is 79.3 Å². The van der Waals surface area contributed by atoms with Gasteiger partial charge in [-0.2, -0.15) is 0 Å². The van der Waals surface area contributed by atoms with Crippen LogP contribution in [0.2, 0.25) is 0 Å². The van der Waals surface area contributed by atoms with E-state index >= 15 is 0 Å². The third kappa shape index (κ3) is 5.89. The Balaban J connectivity index is 2.60. The molecule has 21 heavy (non-hydrogen) atoms. The van der Waals surface area contributed by atoms with E-state index in [1.165, 1.54) is 7.11 Å². The van der Waals surface area contributed by atoms with Gasteiger partial charge in [0.1, 0.15) is 11.6 Å². The summed E-state index contributed by atoms with van der Waals surface area (Å²) in [5, 5.41) is 9.25. The van der Waals surface area contributed by atoms with E-state index < -0.39 is 17.6 Å². The number of methoxy groups -OCH3 is 1. The minimum absolute atomic E-state index is 0.141. The molecule has 0 radical (unpaired) electrons. The number of amides is 1. The van der Waals surface area contributed by atoms with Crippen LogP contribution >= 0.6 is 0 Å². The van der Waals surface area contributed by atoms with Crippen LogP contribution in [0.25, 0.3) is 0 Å². The predicted molar refractivity (Wildman–Crippen MR) is 77.3 cm³/mol. The Labute approximate surface area is 125 Å². The lowest BCUT2D eigenvalue weighted by atomic mass is 10.2. The van der Waals surface area contributed by atoms with Crippen LogP contribution in [-0.4, -0.2) is 78.5 Å². The molecular weight excluding hydrogens is 276 g/mol. The largest absolute Gasteiger partial charge is 0.480 e. The first-order chi connectivity index (χ1) is 9.74. The Morgan fingerprint density at radius 2 is 1.86 bits per heavy atom. The highest BCUT2D eigenvalue weighted by Crippen LogP contribution is 2.13. The van der Waals surface area contributed by atoms with E-state index in [2.05, 4.69) is 0 Å². The lowest BCUT2D eigenvalue weighted by Crippen LogP contribution is -2.46. The first-order valence-corrected chi connectivity index (χ1v) is 7.18. The van der Waals surface area contributed by atoms with E-state index in [0.29, 0.717) is 32.6 Å². The molecule has 0 bridgehead atoms. The maximum atomic E-state index is 12.0. The van der Waals surface area contributed by atoms with Crippen LogP contribution in [0.15, 0.2) is 0 Å². The fourth-order valence-electron chi connectivity index (χ4n) is 2.25. The Bertz CT molecular complexity index is 367. The standard InChI is InChI=1S/C14H26N2O5/c1-14(2,3)21-13(19)16-7-5-6-15(8-9-16)11(10-20-4)12(17)18/h11H,5-10H2,1-4H3,(H,17,18). The molecule has 1 aliphatic rings. The maximum absolute atomic E-state index is 12.0. The Morgan fingerprint density at radius 3 is 2.38 bits per heavy atom. The van der Waals surface area contributed by atoms with Crippen LogP contribution in [0.1, 0.15) is 27.2 Å². The number of hydrogen-bond acceptors (Lipinski definition) is 5. The minimum atomic E-state index is -0.900. The van der Waals surface area contributed by atoms with Gasteiger partial charge in [-0.3, -0.25) is 9.69 Å². The van der Waals surface area contributed by atoms with Gasteiger partial charge in [-0.1, -0.05) is 0 Å². The molecule has 1 fully saturated rings. The Kier molecular flexibility index (Phi) is 6.42. The van der Waals surface area contributed by atoms with Crippen molar-refractivity contribution >= 4 is 12.1 Å². The third-order valence-electron chi connectivity index (χ3n) is 3.23. The normalized spacial score (nSPS) is 19.0. The number of nitrogens with zero attached hydrogens (tertiary/aromatic N) is 2. The first kappa shape index (κ1) is 17.7. The van der Waals surface area contributed by atoms with Crippen molar-refractivity contribution in [2.75, 3.05) is 39.9 Å². The van der Waals surface area contributed by atoms with Crippen LogP contribution in [0, 0.1) is 0 Å². The molecule has 7 heteroatoms. The number of aliphatic carboxylic acids is 1. The van der Waals surface area contributed by atoms with Gasteiger partial charge < -0.3 is 19.5 Å². The molecule has 0 aromatic rings. The monoisotopic (exact) mass is 302 g/mol. The van der Waals surface area contributed by atoms with Gasteiger partial charge in [-0.25, -0.2) is 4.79 Å². The van der Waals surface area contributed by atoms with Crippen molar-refractivity contribution in [1.82, 2.24) is 9.80 Å². The van der Waals surface area contributed by atoms with E-state index in [9.17, 15) is 14.7 Å². The third-order valence-corrected chi connectivity index (χ3v) is 3.23. The molecule has 1 N–H and O–H groups in total. The summed E-state index contributed by atoms with van der Waals surface area (Å²) in [5.74, 6) is -0.900. The molecule has 0 saturated carbocycles. The lowest BCUT2D eigenvalue weighted by molar-refractivity contribution is -0.145. The quantitative estimate of drug-likeness (QED) is 0.835. The SMILES string of the molecule is COCC(C(=O)O)N1CCCN(C(=O)OC(C)(C)C)CC1. The summed E-state index contributed by atoms with van der Waals surface area (Å²) in [6, 6.07) is -0.673. The van der Waals surface area contributed by atoms with Crippen LogP contribution in [0.5, 0.6) is 0 Å². The van der Waals surface area contributed by atoms with Crippen molar-refractivity contribution in [3.63, 3.8) is 0 Å². The number of carbonyl (C=O) groups excluding carboxylic acids is 1. The van der Waals surface area contributed by atoms with Gasteiger partial charge >= 0.3 is 12.1 Å². The summed E-state index contributed by atoms with van der Waals surface area (Å²) in [4.78, 5) is 26.8. The first-order valence-electron chi connectivity index (χ1n) is 7.18. The number of carboxylic acid groups (broad SMARTS) is 1. The second kappa shape index (κ2) is 7.61. The van der Waals surface area contributed by atoms with Gasteiger partial charge in [0, 0.05) is 33.3 Å². The number of carboxylic acids is 1. The van der Waals surface area contributed by atoms with Gasteiger partial charge in [0.2, 0.25) is 0 Å². The number of carbonyl (C=O) groups is 2. The molecule has 1 unspecified atom stereocenters. The average molecular weight is 302 g/mol. The fourth-order valence-corrected chi connectivity index (χ4v) is 2.25. The zero-order valence-electron chi connectivity index (χ0n) is 13.3. The molecule has 0 aromatic carbocycles. The van der Waals surface area contributed by atoms with E-state index in [1.54, 1.807) is 4.90 Å². The summed E-state index contributed by atoms with van der Waals surface area (Å²) in [5.41, 5.74) is -0.525. The highest BCUT2D eigenvalue weighted by molar-refractivity contribution is 5.73. The van der Waals surface area contributed by atoms with Crippen molar-refractivity contribution in [2.45, 2.75) is 38.8 Å². The molecular formula is C14H26N2O5. The minimum Gasteiger partial charge on any atom is -0.480 e. The highest BCUT2D eigenvalue weighted by Gasteiger charge is 2.30. The summed E-state index contributed by atoms with van der Waals surface area (Å²) < 4.78 is 10.3. The molecule has 0 aliphatic carbocycles. The van der Waals surface area contributed by atoms with Crippen LogP contribution in [0.3, 0.4) is 0 Å². The Hall–Kier alpha value is -1.34. The van der Waals surface area contributed by atoms with Gasteiger partial charge in [0.05, 0.1) is 6.61 Å². The molecule has 0 spiro atoms. The number of ether oxygens (including phenoxy) is 2. The molecule has 1 amide bonds. The maximum Gasteiger partial charge on any atom is 0.410 e. The van der Waals surface area contributed by atoms with E-state index in [0.717, 1.165) is 0 Å². The molecule has 1 aliphatic heterocycles.